The number of carboxylic acid groups (broad SMARTS) is 1. The average molecular weight is 440 g/mol. The smallest absolute Gasteiger partial charge is 0.335 e. The van der Waals surface area contributed by atoms with Crippen molar-refractivity contribution in [3.63, 3.8) is 0 Å². The van der Waals surface area contributed by atoms with Crippen molar-refractivity contribution in [2.24, 2.45) is 5.14 Å². The first kappa shape index (κ1) is 22.6. The molecule has 1 aliphatic heterocycles. The number of ether oxygens (including phenoxy) is 1. The van der Waals surface area contributed by atoms with E-state index in [9.17, 15) is 36.9 Å². The fourth-order valence-corrected chi connectivity index (χ4v) is 4.43. The maximum atomic E-state index is 12.3. The van der Waals surface area contributed by atoms with Crippen LogP contribution in [-0.2, 0) is 36.0 Å². The van der Waals surface area contributed by atoms with Crippen LogP contribution >= 0.6 is 0 Å². The predicted octanol–water partition coefficient (Wildman–Crippen LogP) is -3.31. The van der Waals surface area contributed by atoms with E-state index in [4.69, 9.17) is 15.0 Å². The standard InChI is InChI=1S/C14H20N2O10S2/c15-27(22,23)8-3-1-7(2-4-8)5-6-16-28(24,25)14-11(19)9(17)10(18)12(26-14)13(20)21/h1-4,9-12,14,16-19H,5-6H2,(H,20,21)(H2,15,22,23)/t9-,10-,11+,12-,14-/m0/s1. The molecule has 0 aliphatic carbocycles. The highest BCUT2D eigenvalue weighted by molar-refractivity contribution is 7.90. The number of hydrogen-bond acceptors (Lipinski definition) is 9. The molecule has 0 unspecified atom stereocenters. The maximum Gasteiger partial charge on any atom is 0.335 e. The van der Waals surface area contributed by atoms with Crippen molar-refractivity contribution in [1.29, 1.82) is 0 Å². The van der Waals surface area contributed by atoms with Gasteiger partial charge in [0.1, 0.15) is 18.3 Å². The molecule has 1 fully saturated rings. The van der Waals surface area contributed by atoms with Gasteiger partial charge in [-0.15, -0.1) is 0 Å². The first-order valence-electron chi connectivity index (χ1n) is 7.87. The normalized spacial score (nSPS) is 28.8. The number of sulfonamides is 2. The van der Waals surface area contributed by atoms with Gasteiger partial charge in [0.05, 0.1) is 4.90 Å². The number of nitrogens with two attached hydrogens (primary N) is 1. The van der Waals surface area contributed by atoms with Crippen LogP contribution in [0.1, 0.15) is 5.56 Å². The van der Waals surface area contributed by atoms with E-state index in [-0.39, 0.29) is 17.9 Å². The molecule has 5 atom stereocenters. The van der Waals surface area contributed by atoms with Gasteiger partial charge in [0.2, 0.25) is 25.5 Å². The largest absolute Gasteiger partial charge is 0.479 e. The summed E-state index contributed by atoms with van der Waals surface area (Å²) in [7, 11) is -8.28. The molecule has 2 rings (SSSR count). The van der Waals surface area contributed by atoms with Crippen molar-refractivity contribution in [1.82, 2.24) is 4.72 Å². The van der Waals surface area contributed by atoms with Gasteiger partial charge in [-0.25, -0.2) is 31.5 Å². The SMILES string of the molecule is NS(=O)(=O)c1ccc(CCNS(=O)(=O)[C@@H]2O[C@H](C(=O)O)[C@@H](O)[C@H](O)[C@H]2O)cc1. The van der Waals surface area contributed by atoms with Gasteiger partial charge in [0.25, 0.3) is 0 Å². The Hall–Kier alpha value is -1.65. The van der Waals surface area contributed by atoms with E-state index in [0.29, 0.717) is 5.56 Å². The summed E-state index contributed by atoms with van der Waals surface area (Å²) in [5.74, 6) is -1.70. The van der Waals surface area contributed by atoms with Gasteiger partial charge in [-0.05, 0) is 24.1 Å². The molecule has 7 N–H and O–H groups in total. The Morgan fingerprint density at radius 2 is 1.61 bits per heavy atom. The van der Waals surface area contributed by atoms with Crippen molar-refractivity contribution >= 4 is 26.0 Å². The highest BCUT2D eigenvalue weighted by Gasteiger charge is 2.51. The number of primary sulfonamides is 1. The van der Waals surface area contributed by atoms with Gasteiger partial charge >= 0.3 is 5.97 Å². The minimum Gasteiger partial charge on any atom is -0.479 e. The van der Waals surface area contributed by atoms with Crippen LogP contribution in [0.15, 0.2) is 29.2 Å². The summed E-state index contributed by atoms with van der Waals surface area (Å²) in [5, 5.41) is 43.1. The first-order chi connectivity index (χ1) is 12.8. The van der Waals surface area contributed by atoms with E-state index < -0.39 is 55.9 Å². The van der Waals surface area contributed by atoms with Crippen LogP contribution in [0.3, 0.4) is 0 Å². The summed E-state index contributed by atoms with van der Waals surface area (Å²) < 4.78 is 53.9. The highest BCUT2D eigenvalue weighted by atomic mass is 32.2. The first-order valence-corrected chi connectivity index (χ1v) is 11.0. The molecule has 28 heavy (non-hydrogen) atoms. The molecule has 1 aromatic carbocycles. The minimum absolute atomic E-state index is 0.109. The van der Waals surface area contributed by atoms with Crippen molar-refractivity contribution in [2.45, 2.75) is 41.2 Å². The van der Waals surface area contributed by atoms with E-state index in [0.717, 1.165) is 0 Å². The van der Waals surface area contributed by atoms with Crippen molar-refractivity contribution in [2.75, 3.05) is 6.54 Å². The zero-order chi connectivity index (χ0) is 21.3. The Morgan fingerprint density at radius 1 is 1.04 bits per heavy atom. The Balaban J connectivity index is 2.03. The van der Waals surface area contributed by atoms with Gasteiger partial charge in [0, 0.05) is 6.54 Å². The molecular formula is C14H20N2O10S2. The van der Waals surface area contributed by atoms with Crippen LogP contribution in [0, 0.1) is 0 Å². The molecule has 0 spiro atoms. The number of rotatable bonds is 7. The summed E-state index contributed by atoms with van der Waals surface area (Å²) in [6.45, 7) is -0.194. The number of carbonyl (C=O) groups is 1. The van der Waals surface area contributed by atoms with E-state index in [1.807, 2.05) is 0 Å². The molecule has 0 aromatic heterocycles. The molecule has 1 aromatic rings. The van der Waals surface area contributed by atoms with Gasteiger partial charge in [-0.1, -0.05) is 12.1 Å². The van der Waals surface area contributed by atoms with Crippen LogP contribution in [0.2, 0.25) is 0 Å². The molecule has 1 saturated heterocycles. The van der Waals surface area contributed by atoms with Crippen molar-refractivity contribution in [3.8, 4) is 0 Å². The highest BCUT2D eigenvalue weighted by Crippen LogP contribution is 2.24. The lowest BCUT2D eigenvalue weighted by Crippen LogP contribution is -2.63. The number of hydrogen-bond donors (Lipinski definition) is 6. The summed E-state index contributed by atoms with van der Waals surface area (Å²) in [6, 6.07) is 5.37. The number of aliphatic hydroxyl groups excluding tert-OH is 3. The average Bonchev–Trinajstić information content (AvgIpc) is 2.59. The minimum atomic E-state index is -4.43. The third-order valence-electron chi connectivity index (χ3n) is 4.09. The van der Waals surface area contributed by atoms with Crippen LogP contribution < -0.4 is 9.86 Å². The number of carboxylic acids is 1. The molecule has 12 nitrogen and oxygen atoms in total. The van der Waals surface area contributed by atoms with Crippen molar-refractivity contribution < 1.29 is 46.8 Å². The summed E-state index contributed by atoms with van der Waals surface area (Å²) in [5.41, 5.74) is -1.55. The van der Waals surface area contributed by atoms with E-state index in [1.54, 1.807) is 0 Å². The van der Waals surface area contributed by atoms with Crippen LogP contribution in [0.25, 0.3) is 0 Å². The summed E-state index contributed by atoms with van der Waals surface area (Å²) in [6.07, 6.45) is -8.03. The van der Waals surface area contributed by atoms with Gasteiger partial charge in [0.15, 0.2) is 6.10 Å². The Bertz CT molecular complexity index is 916. The second-order valence-corrected chi connectivity index (χ2v) is 9.52. The van der Waals surface area contributed by atoms with Crippen LogP contribution in [0.5, 0.6) is 0 Å². The predicted molar refractivity (Wildman–Crippen MR) is 92.8 cm³/mol. The quantitative estimate of drug-likeness (QED) is 0.248. The second-order valence-electron chi connectivity index (χ2n) is 6.11. The zero-order valence-electron chi connectivity index (χ0n) is 14.2. The number of benzene rings is 1. The molecule has 0 radical (unpaired) electrons. The van der Waals surface area contributed by atoms with Gasteiger partial charge in [-0.3, -0.25) is 0 Å². The molecule has 1 aliphatic rings. The van der Waals surface area contributed by atoms with Gasteiger partial charge < -0.3 is 25.2 Å². The van der Waals surface area contributed by atoms with Crippen LogP contribution in [0.4, 0.5) is 0 Å². The van der Waals surface area contributed by atoms with Crippen LogP contribution in [-0.4, -0.2) is 79.6 Å². The molecule has 158 valence electrons. The second kappa shape index (κ2) is 8.38. The lowest BCUT2D eigenvalue weighted by Gasteiger charge is -2.38. The van der Waals surface area contributed by atoms with E-state index in [2.05, 4.69) is 4.72 Å². The zero-order valence-corrected chi connectivity index (χ0v) is 15.9. The molecular weight excluding hydrogens is 420 g/mol. The number of aliphatic hydroxyl groups is 3. The van der Waals surface area contributed by atoms with E-state index >= 15 is 0 Å². The maximum absolute atomic E-state index is 12.3. The number of aliphatic carboxylic acids is 1. The monoisotopic (exact) mass is 440 g/mol. The summed E-state index contributed by atoms with van der Waals surface area (Å²) >= 11 is 0. The fourth-order valence-electron chi connectivity index (χ4n) is 2.57. The summed E-state index contributed by atoms with van der Waals surface area (Å²) in [4.78, 5) is 10.9. The van der Waals surface area contributed by atoms with Crippen molar-refractivity contribution in [3.05, 3.63) is 29.8 Å². The number of nitrogens with one attached hydrogen (secondary N) is 1. The Morgan fingerprint density at radius 3 is 2.11 bits per heavy atom. The lowest BCUT2D eigenvalue weighted by molar-refractivity contribution is -0.210. The fraction of sp³-hybridized carbons (Fsp3) is 0.500. The van der Waals surface area contributed by atoms with E-state index in [1.165, 1.54) is 24.3 Å². The Labute approximate surface area is 160 Å². The lowest BCUT2D eigenvalue weighted by atomic mass is 10.0. The molecule has 0 saturated carbocycles. The third-order valence-corrected chi connectivity index (χ3v) is 6.62. The molecule has 0 amide bonds. The third kappa shape index (κ3) is 5.03. The molecule has 1 heterocycles. The molecule has 14 heteroatoms. The molecule has 0 bridgehead atoms. The Kier molecular flexibility index (Phi) is 6.78. The topological polar surface area (TPSA) is 214 Å². The van der Waals surface area contributed by atoms with Gasteiger partial charge in [-0.2, -0.15) is 0 Å².